The van der Waals surface area contributed by atoms with Crippen molar-refractivity contribution in [3.63, 3.8) is 0 Å². The van der Waals surface area contributed by atoms with Gasteiger partial charge >= 0.3 is 6.09 Å². The van der Waals surface area contributed by atoms with Crippen molar-refractivity contribution in [2.24, 2.45) is 0 Å². The van der Waals surface area contributed by atoms with E-state index < -0.39 is 16.6 Å². The third-order valence-electron chi connectivity index (χ3n) is 3.52. The minimum Gasteiger partial charge on any atom is -0.444 e. The van der Waals surface area contributed by atoms with Gasteiger partial charge in [0.05, 0.1) is 11.5 Å². The molecule has 1 aromatic rings. The number of benzene rings is 1. The highest BCUT2D eigenvalue weighted by atomic mass is 16.6. The van der Waals surface area contributed by atoms with Gasteiger partial charge in [0.25, 0.3) is 5.69 Å². The van der Waals surface area contributed by atoms with Gasteiger partial charge in [-0.05, 0) is 20.8 Å². The van der Waals surface area contributed by atoms with Crippen molar-refractivity contribution in [2.45, 2.75) is 32.9 Å². The highest BCUT2D eigenvalue weighted by molar-refractivity contribution is 5.83. The van der Waals surface area contributed by atoms with Crippen LogP contribution in [0.3, 0.4) is 0 Å². The van der Waals surface area contributed by atoms with Crippen LogP contribution in [0.5, 0.6) is 0 Å². The summed E-state index contributed by atoms with van der Waals surface area (Å²) in [5, 5.41) is 11.1. The van der Waals surface area contributed by atoms with Crippen LogP contribution in [0.2, 0.25) is 0 Å². The summed E-state index contributed by atoms with van der Waals surface area (Å²) < 4.78 is 5.26. The molecular formula is C16H21N3O5. The summed E-state index contributed by atoms with van der Waals surface area (Å²) in [5.74, 6) is -0.259. The van der Waals surface area contributed by atoms with Crippen LogP contribution in [0.25, 0.3) is 0 Å². The summed E-state index contributed by atoms with van der Waals surface area (Å²) in [4.78, 5) is 37.7. The molecule has 1 heterocycles. The van der Waals surface area contributed by atoms with Crippen molar-refractivity contribution >= 4 is 17.7 Å². The maximum Gasteiger partial charge on any atom is 0.410 e. The van der Waals surface area contributed by atoms with Crippen LogP contribution in [-0.4, -0.2) is 52.0 Å². The number of nitro groups is 1. The van der Waals surface area contributed by atoms with Crippen LogP contribution in [0.15, 0.2) is 24.3 Å². The molecule has 1 saturated heterocycles. The Morgan fingerprint density at radius 3 is 2.54 bits per heavy atom. The Morgan fingerprint density at radius 2 is 1.96 bits per heavy atom. The zero-order chi connectivity index (χ0) is 17.9. The van der Waals surface area contributed by atoms with Crippen molar-refractivity contribution < 1.29 is 19.2 Å². The Balaban J connectivity index is 2.01. The van der Waals surface area contributed by atoms with E-state index in [-0.39, 0.29) is 24.7 Å². The number of carbonyl (C=O) groups is 2. The zero-order valence-corrected chi connectivity index (χ0v) is 14.0. The lowest BCUT2D eigenvalue weighted by Gasteiger charge is -2.35. The average Bonchev–Trinajstić information content (AvgIpc) is 2.47. The number of para-hydroxylation sites is 1. The number of rotatable bonds is 3. The molecule has 0 atom stereocenters. The van der Waals surface area contributed by atoms with Crippen molar-refractivity contribution in [2.75, 3.05) is 19.6 Å². The summed E-state index contributed by atoms with van der Waals surface area (Å²) in [6.45, 7) is 5.99. The van der Waals surface area contributed by atoms with Crippen molar-refractivity contribution in [3.05, 3.63) is 39.9 Å². The number of nitro benzene ring substituents is 1. The number of amides is 2. The minimum absolute atomic E-state index is 0.0140. The molecule has 1 aromatic carbocycles. The molecule has 0 saturated carbocycles. The van der Waals surface area contributed by atoms with E-state index in [0.717, 1.165) is 0 Å². The van der Waals surface area contributed by atoms with Gasteiger partial charge in [-0.25, -0.2) is 4.79 Å². The molecule has 0 N–H and O–H groups in total. The maximum atomic E-state index is 12.3. The van der Waals surface area contributed by atoms with Gasteiger partial charge in [-0.1, -0.05) is 18.2 Å². The quantitative estimate of drug-likeness (QED) is 0.623. The van der Waals surface area contributed by atoms with Crippen LogP contribution >= 0.6 is 0 Å². The van der Waals surface area contributed by atoms with Crippen LogP contribution in [0.4, 0.5) is 10.5 Å². The van der Waals surface area contributed by atoms with Gasteiger partial charge in [-0.3, -0.25) is 19.8 Å². The Hall–Kier alpha value is -2.64. The lowest BCUT2D eigenvalue weighted by atomic mass is 10.1. The van der Waals surface area contributed by atoms with Gasteiger partial charge < -0.3 is 9.64 Å². The third-order valence-corrected chi connectivity index (χ3v) is 3.52. The molecule has 1 aliphatic rings. The van der Waals surface area contributed by atoms with E-state index in [1.165, 1.54) is 15.9 Å². The van der Waals surface area contributed by atoms with Crippen LogP contribution in [0, 0.1) is 10.1 Å². The molecular weight excluding hydrogens is 314 g/mol. The molecule has 0 aromatic heterocycles. The molecule has 24 heavy (non-hydrogen) atoms. The van der Waals surface area contributed by atoms with Gasteiger partial charge in [0.2, 0.25) is 5.91 Å². The summed E-state index contributed by atoms with van der Waals surface area (Å²) >= 11 is 0. The Morgan fingerprint density at radius 1 is 1.29 bits per heavy atom. The highest BCUT2D eigenvalue weighted by Gasteiger charge is 2.31. The van der Waals surface area contributed by atoms with Gasteiger partial charge in [-0.15, -0.1) is 0 Å². The van der Waals surface area contributed by atoms with Crippen molar-refractivity contribution in [1.29, 1.82) is 0 Å². The predicted octanol–water partition coefficient (Wildman–Crippen LogP) is 2.17. The van der Waals surface area contributed by atoms with Crippen molar-refractivity contribution in [3.8, 4) is 0 Å². The first kappa shape index (κ1) is 17.7. The second-order valence-corrected chi connectivity index (χ2v) is 6.60. The Kier molecular flexibility index (Phi) is 5.06. The molecule has 2 amide bonds. The highest BCUT2D eigenvalue weighted by Crippen LogP contribution is 2.21. The molecule has 0 spiro atoms. The van der Waals surface area contributed by atoms with Crippen LogP contribution < -0.4 is 0 Å². The van der Waals surface area contributed by atoms with E-state index in [1.807, 2.05) is 0 Å². The molecule has 0 bridgehead atoms. The standard InChI is InChI=1S/C16H21N3O5/c1-16(2,3)24-15(21)18-9-8-17(14(20)11-18)10-12-6-4-5-7-13(12)19(22)23/h4-7H,8-11H2,1-3H3. The SMILES string of the molecule is CC(C)(C)OC(=O)N1CCN(Cc2ccccc2[N+](=O)[O-])C(=O)C1. The van der Waals surface area contributed by atoms with Gasteiger partial charge in [-0.2, -0.15) is 0 Å². The second-order valence-electron chi connectivity index (χ2n) is 6.60. The normalized spacial score (nSPS) is 15.4. The molecule has 0 unspecified atom stereocenters. The molecule has 1 aliphatic heterocycles. The molecule has 2 rings (SSSR count). The van der Waals surface area contributed by atoms with E-state index in [1.54, 1.807) is 39.0 Å². The van der Waals surface area contributed by atoms with E-state index in [4.69, 9.17) is 4.74 Å². The Bertz CT molecular complexity index is 653. The first-order valence-corrected chi connectivity index (χ1v) is 7.65. The number of piperazine rings is 1. The molecule has 130 valence electrons. The summed E-state index contributed by atoms with van der Waals surface area (Å²) in [5.41, 5.74) is -0.163. The molecule has 1 fully saturated rings. The van der Waals surface area contributed by atoms with Gasteiger partial charge in [0.15, 0.2) is 0 Å². The first-order valence-electron chi connectivity index (χ1n) is 7.65. The maximum absolute atomic E-state index is 12.3. The van der Waals surface area contributed by atoms with E-state index >= 15 is 0 Å². The number of carbonyl (C=O) groups excluding carboxylic acids is 2. The van der Waals surface area contributed by atoms with Crippen LogP contribution in [0.1, 0.15) is 26.3 Å². The Labute approximate surface area is 140 Å². The summed E-state index contributed by atoms with van der Waals surface area (Å²) in [6, 6.07) is 6.33. The fraction of sp³-hybridized carbons (Fsp3) is 0.500. The van der Waals surface area contributed by atoms with E-state index in [2.05, 4.69) is 0 Å². The lowest BCUT2D eigenvalue weighted by Crippen LogP contribution is -2.52. The average molecular weight is 335 g/mol. The topological polar surface area (TPSA) is 93.0 Å². The number of hydrogen-bond donors (Lipinski definition) is 0. The molecule has 0 radical (unpaired) electrons. The summed E-state index contributed by atoms with van der Waals surface area (Å²) in [7, 11) is 0. The number of nitrogens with zero attached hydrogens (tertiary/aromatic N) is 3. The second kappa shape index (κ2) is 6.86. The van der Waals surface area contributed by atoms with Crippen LogP contribution in [-0.2, 0) is 16.1 Å². The van der Waals surface area contributed by atoms with Gasteiger partial charge in [0, 0.05) is 24.7 Å². The van der Waals surface area contributed by atoms with E-state index in [9.17, 15) is 19.7 Å². The third kappa shape index (κ3) is 4.43. The van der Waals surface area contributed by atoms with E-state index in [0.29, 0.717) is 18.7 Å². The minimum atomic E-state index is -0.623. The monoisotopic (exact) mass is 335 g/mol. The zero-order valence-electron chi connectivity index (χ0n) is 14.0. The van der Waals surface area contributed by atoms with Gasteiger partial charge in [0.1, 0.15) is 12.1 Å². The predicted molar refractivity (Wildman–Crippen MR) is 86.3 cm³/mol. The molecule has 0 aliphatic carbocycles. The smallest absolute Gasteiger partial charge is 0.410 e. The largest absolute Gasteiger partial charge is 0.444 e. The number of ether oxygens (including phenoxy) is 1. The fourth-order valence-corrected chi connectivity index (χ4v) is 2.39. The molecule has 8 nitrogen and oxygen atoms in total. The summed E-state index contributed by atoms with van der Waals surface area (Å²) in [6.07, 6.45) is -0.527. The van der Waals surface area contributed by atoms with Crippen molar-refractivity contribution in [1.82, 2.24) is 9.80 Å². The first-order chi connectivity index (χ1) is 11.2. The molecule has 8 heteroatoms. The lowest BCUT2D eigenvalue weighted by molar-refractivity contribution is -0.385. The number of hydrogen-bond acceptors (Lipinski definition) is 5. The fourth-order valence-electron chi connectivity index (χ4n) is 2.39.